The third kappa shape index (κ3) is 3.93. The maximum atomic E-state index is 12.4. The highest BCUT2D eigenvalue weighted by molar-refractivity contribution is 7.89. The molecule has 1 aromatic rings. The predicted molar refractivity (Wildman–Crippen MR) is 88.2 cm³/mol. The Hall–Kier alpha value is -1.93. The van der Waals surface area contributed by atoms with Crippen molar-refractivity contribution in [3.8, 4) is 0 Å². The number of amides is 1. The molecule has 8 heteroatoms. The Kier molecular flexibility index (Phi) is 5.29. The molecule has 0 spiro atoms. The van der Waals surface area contributed by atoms with Gasteiger partial charge >= 0.3 is 5.97 Å². The molecule has 0 heterocycles. The van der Waals surface area contributed by atoms with Crippen LogP contribution in [0.2, 0.25) is 0 Å². The fourth-order valence-corrected chi connectivity index (χ4v) is 4.14. The Morgan fingerprint density at radius 2 is 1.83 bits per heavy atom. The van der Waals surface area contributed by atoms with Crippen molar-refractivity contribution in [2.75, 3.05) is 0 Å². The summed E-state index contributed by atoms with van der Waals surface area (Å²) in [6, 6.07) is 5.30. The number of aliphatic carboxylic acids is 1. The molecule has 1 aromatic carbocycles. The van der Waals surface area contributed by atoms with Crippen molar-refractivity contribution < 1.29 is 23.1 Å². The van der Waals surface area contributed by atoms with E-state index < -0.39 is 27.4 Å². The van der Waals surface area contributed by atoms with Crippen molar-refractivity contribution in [2.24, 2.45) is 0 Å². The number of carboxylic acids is 1. The summed E-state index contributed by atoms with van der Waals surface area (Å²) in [5.74, 6) is -1.64. The second-order valence-corrected chi connectivity index (χ2v) is 8.07. The summed E-state index contributed by atoms with van der Waals surface area (Å²) in [6.45, 7) is 3.40. The molecule has 0 radical (unpaired) electrons. The summed E-state index contributed by atoms with van der Waals surface area (Å²) in [5, 5.41) is 12.0. The maximum Gasteiger partial charge on any atom is 0.329 e. The van der Waals surface area contributed by atoms with Crippen LogP contribution in [0.25, 0.3) is 0 Å². The van der Waals surface area contributed by atoms with Gasteiger partial charge in [-0.2, -0.15) is 0 Å². The van der Waals surface area contributed by atoms with Crippen molar-refractivity contribution >= 4 is 21.9 Å². The molecule has 24 heavy (non-hydrogen) atoms. The summed E-state index contributed by atoms with van der Waals surface area (Å²) in [7, 11) is -3.72. The first-order chi connectivity index (χ1) is 11.2. The Labute approximate surface area is 141 Å². The molecule has 1 fully saturated rings. The number of benzene rings is 1. The summed E-state index contributed by atoms with van der Waals surface area (Å²) in [4.78, 5) is 23.9. The van der Waals surface area contributed by atoms with E-state index in [1.165, 1.54) is 24.3 Å². The number of hydrogen-bond acceptors (Lipinski definition) is 4. The van der Waals surface area contributed by atoms with Crippen molar-refractivity contribution in [3.05, 3.63) is 29.8 Å². The molecule has 1 aliphatic rings. The highest BCUT2D eigenvalue weighted by atomic mass is 32.2. The molecule has 7 nitrogen and oxygen atoms in total. The van der Waals surface area contributed by atoms with Gasteiger partial charge in [0.2, 0.25) is 10.0 Å². The van der Waals surface area contributed by atoms with Crippen molar-refractivity contribution in [2.45, 2.75) is 56.0 Å². The van der Waals surface area contributed by atoms with Crippen molar-refractivity contribution in [1.29, 1.82) is 0 Å². The smallest absolute Gasteiger partial charge is 0.329 e. The van der Waals surface area contributed by atoms with Crippen LogP contribution >= 0.6 is 0 Å². The van der Waals surface area contributed by atoms with Gasteiger partial charge in [0.1, 0.15) is 5.54 Å². The largest absolute Gasteiger partial charge is 0.480 e. The third-order valence-electron chi connectivity index (χ3n) is 4.02. The lowest BCUT2D eigenvalue weighted by Crippen LogP contribution is -2.52. The molecule has 0 saturated heterocycles. The lowest BCUT2D eigenvalue weighted by molar-refractivity contribution is -0.144. The van der Waals surface area contributed by atoms with Gasteiger partial charge in [-0.15, -0.1) is 0 Å². The fraction of sp³-hybridized carbons (Fsp3) is 0.500. The molecule has 0 bridgehead atoms. The minimum Gasteiger partial charge on any atom is -0.480 e. The lowest BCUT2D eigenvalue weighted by atomic mass is 9.97. The molecule has 0 atom stereocenters. The minimum atomic E-state index is -3.72. The summed E-state index contributed by atoms with van der Waals surface area (Å²) in [6.07, 6.45) is 2.22. The zero-order valence-corrected chi connectivity index (χ0v) is 14.5. The van der Waals surface area contributed by atoms with E-state index in [4.69, 9.17) is 0 Å². The van der Waals surface area contributed by atoms with Crippen LogP contribution in [0.5, 0.6) is 0 Å². The normalized spacial score (nSPS) is 17.0. The van der Waals surface area contributed by atoms with Gasteiger partial charge in [0.15, 0.2) is 0 Å². The van der Waals surface area contributed by atoms with Crippen LogP contribution in [0.15, 0.2) is 29.2 Å². The average molecular weight is 354 g/mol. The summed E-state index contributed by atoms with van der Waals surface area (Å²) < 4.78 is 26.8. The monoisotopic (exact) mass is 354 g/mol. The SMILES string of the molecule is CC(C)NS(=O)(=O)c1cccc(C(=O)NC2(C(=O)O)CCCC2)c1. The summed E-state index contributed by atoms with van der Waals surface area (Å²) in [5.41, 5.74) is -1.14. The van der Waals surface area contributed by atoms with Crippen molar-refractivity contribution in [1.82, 2.24) is 10.0 Å². The Balaban J connectivity index is 2.25. The van der Waals surface area contributed by atoms with Crippen LogP contribution in [0.1, 0.15) is 49.9 Å². The molecular weight excluding hydrogens is 332 g/mol. The molecule has 132 valence electrons. The molecule has 2 rings (SSSR count). The zero-order valence-electron chi connectivity index (χ0n) is 13.7. The average Bonchev–Trinajstić information content (AvgIpc) is 2.96. The van der Waals surface area contributed by atoms with Crippen molar-refractivity contribution in [3.63, 3.8) is 0 Å². The first-order valence-corrected chi connectivity index (χ1v) is 9.33. The molecular formula is C16H22N2O5S. The quantitative estimate of drug-likeness (QED) is 0.716. The number of hydrogen-bond donors (Lipinski definition) is 3. The highest BCUT2D eigenvalue weighted by Gasteiger charge is 2.42. The Bertz CT molecular complexity index is 737. The van der Waals surface area contributed by atoms with Crippen LogP contribution in [-0.4, -0.2) is 37.0 Å². The van der Waals surface area contributed by atoms with Crippen LogP contribution in [0.3, 0.4) is 0 Å². The molecule has 0 unspecified atom stereocenters. The van der Waals surface area contributed by atoms with E-state index >= 15 is 0 Å². The van der Waals surface area contributed by atoms with Crippen LogP contribution < -0.4 is 10.0 Å². The number of carbonyl (C=O) groups excluding carboxylic acids is 1. The van der Waals surface area contributed by atoms with Crippen LogP contribution in [-0.2, 0) is 14.8 Å². The van der Waals surface area contributed by atoms with Crippen LogP contribution in [0.4, 0.5) is 0 Å². The molecule has 1 saturated carbocycles. The minimum absolute atomic E-state index is 0.0281. The van der Waals surface area contributed by atoms with Gasteiger partial charge in [-0.25, -0.2) is 17.9 Å². The topological polar surface area (TPSA) is 113 Å². The van der Waals surface area contributed by atoms with E-state index in [9.17, 15) is 23.1 Å². The van der Waals surface area contributed by atoms with Gasteiger partial charge in [-0.3, -0.25) is 4.79 Å². The van der Waals surface area contributed by atoms with E-state index in [-0.39, 0.29) is 16.5 Å². The predicted octanol–water partition coefficient (Wildman–Crippen LogP) is 1.50. The molecule has 1 amide bonds. The number of sulfonamides is 1. The second kappa shape index (κ2) is 6.90. The van der Waals surface area contributed by atoms with E-state index in [1.807, 2.05) is 0 Å². The number of carboxylic acid groups (broad SMARTS) is 1. The molecule has 3 N–H and O–H groups in total. The second-order valence-electron chi connectivity index (χ2n) is 6.35. The first-order valence-electron chi connectivity index (χ1n) is 7.85. The Morgan fingerprint density at radius 1 is 1.21 bits per heavy atom. The first kappa shape index (κ1) is 18.4. The molecule has 0 aromatic heterocycles. The highest BCUT2D eigenvalue weighted by Crippen LogP contribution is 2.30. The third-order valence-corrected chi connectivity index (χ3v) is 5.67. The van der Waals surface area contributed by atoms with E-state index in [0.717, 1.165) is 12.8 Å². The Morgan fingerprint density at radius 3 is 2.38 bits per heavy atom. The van der Waals surface area contributed by atoms with Gasteiger partial charge in [-0.05, 0) is 44.9 Å². The molecule has 1 aliphatic carbocycles. The van der Waals surface area contributed by atoms with Crippen LogP contribution in [0, 0.1) is 0 Å². The number of carbonyl (C=O) groups is 2. The van der Waals surface area contributed by atoms with E-state index in [1.54, 1.807) is 13.8 Å². The van der Waals surface area contributed by atoms with E-state index in [0.29, 0.717) is 12.8 Å². The fourth-order valence-electron chi connectivity index (χ4n) is 2.84. The number of nitrogens with one attached hydrogen (secondary N) is 2. The van der Waals surface area contributed by atoms with Gasteiger partial charge < -0.3 is 10.4 Å². The van der Waals surface area contributed by atoms with Gasteiger partial charge in [0.25, 0.3) is 5.91 Å². The zero-order chi connectivity index (χ0) is 18.0. The summed E-state index contributed by atoms with van der Waals surface area (Å²) >= 11 is 0. The van der Waals surface area contributed by atoms with E-state index in [2.05, 4.69) is 10.0 Å². The van der Waals surface area contributed by atoms with Gasteiger partial charge in [0, 0.05) is 11.6 Å². The maximum absolute atomic E-state index is 12.4. The molecule has 0 aliphatic heterocycles. The standard InChI is InChI=1S/C16H22N2O5S/c1-11(2)18-24(22,23)13-7-5-6-12(10-13)14(19)17-16(15(20)21)8-3-4-9-16/h5-7,10-11,18H,3-4,8-9H2,1-2H3,(H,17,19)(H,20,21). The van der Waals surface area contributed by atoms with Gasteiger partial charge in [0.05, 0.1) is 4.90 Å². The lowest BCUT2D eigenvalue weighted by Gasteiger charge is -2.25. The van der Waals surface area contributed by atoms with Gasteiger partial charge in [-0.1, -0.05) is 18.9 Å². The number of rotatable bonds is 6.